The van der Waals surface area contributed by atoms with Gasteiger partial charge in [-0.15, -0.1) is 0 Å². The Hall–Kier alpha value is -3.85. The molecule has 0 aliphatic carbocycles. The molecular formula is C25H19BrF2N4O2. The fourth-order valence-corrected chi connectivity index (χ4v) is 3.80. The Kier molecular flexibility index (Phi) is 6.83. The Morgan fingerprint density at radius 3 is 2.35 bits per heavy atom. The van der Waals surface area contributed by atoms with Gasteiger partial charge in [0.1, 0.15) is 23.9 Å². The minimum atomic E-state index is -0.679. The third-order valence-corrected chi connectivity index (χ3v) is 5.59. The number of amides is 1. The fraction of sp³-hybridized carbons (Fsp3) is 0.0800. The van der Waals surface area contributed by atoms with Crippen molar-refractivity contribution in [1.82, 2.24) is 9.55 Å². The number of nitrogen functional groups attached to an aromatic ring is 1. The highest BCUT2D eigenvalue weighted by Gasteiger charge is 2.17. The molecule has 34 heavy (non-hydrogen) atoms. The van der Waals surface area contributed by atoms with Crippen LogP contribution in [0.25, 0.3) is 22.3 Å². The smallest absolute Gasteiger partial charge is 0.261 e. The van der Waals surface area contributed by atoms with Gasteiger partial charge in [0.15, 0.2) is 0 Å². The number of pyridine rings is 2. The van der Waals surface area contributed by atoms with Crippen molar-refractivity contribution < 1.29 is 13.6 Å². The van der Waals surface area contributed by atoms with Gasteiger partial charge in [0.05, 0.1) is 6.54 Å². The molecular weight excluding hydrogens is 506 g/mol. The van der Waals surface area contributed by atoms with Crippen molar-refractivity contribution >= 4 is 33.3 Å². The van der Waals surface area contributed by atoms with Crippen LogP contribution in [0.2, 0.25) is 0 Å². The van der Waals surface area contributed by atoms with Gasteiger partial charge in [-0.25, -0.2) is 13.8 Å². The van der Waals surface area contributed by atoms with E-state index in [1.54, 1.807) is 30.5 Å². The van der Waals surface area contributed by atoms with Crippen molar-refractivity contribution in [1.29, 1.82) is 0 Å². The zero-order valence-electron chi connectivity index (χ0n) is 17.8. The number of halogens is 3. The Balaban J connectivity index is 1.64. The number of hydrogen-bond donors (Lipinski definition) is 2. The van der Waals surface area contributed by atoms with Gasteiger partial charge in [-0.3, -0.25) is 9.59 Å². The minimum Gasteiger partial charge on any atom is -0.383 e. The van der Waals surface area contributed by atoms with Crippen LogP contribution in [0.15, 0.2) is 82.5 Å². The van der Waals surface area contributed by atoms with E-state index in [-0.39, 0.29) is 17.7 Å². The molecule has 0 atom stereocenters. The van der Waals surface area contributed by atoms with Gasteiger partial charge in [0.2, 0.25) is 5.43 Å². The molecule has 2 aromatic heterocycles. The molecule has 2 heterocycles. The van der Waals surface area contributed by atoms with Gasteiger partial charge in [-0.1, -0.05) is 24.3 Å². The topological polar surface area (TPSA) is 90.0 Å². The first-order valence-corrected chi connectivity index (χ1v) is 11.0. The number of rotatable bonds is 6. The van der Waals surface area contributed by atoms with Crippen LogP contribution in [0.1, 0.15) is 10.4 Å². The summed E-state index contributed by atoms with van der Waals surface area (Å²) >= 11 is 3.37. The highest BCUT2D eigenvalue weighted by Crippen LogP contribution is 2.28. The van der Waals surface area contributed by atoms with E-state index in [1.807, 2.05) is 6.07 Å². The van der Waals surface area contributed by atoms with E-state index in [4.69, 9.17) is 5.73 Å². The van der Waals surface area contributed by atoms with E-state index in [0.717, 1.165) is 15.6 Å². The number of aromatic nitrogens is 2. The number of hydrogen-bond acceptors (Lipinski definition) is 4. The molecule has 0 spiro atoms. The second-order valence-electron chi connectivity index (χ2n) is 7.47. The van der Waals surface area contributed by atoms with E-state index >= 15 is 0 Å². The SMILES string of the molecule is Nc1ncc(Br)cc1-c1ccc(NC(=O)c2cn(CCF)cc(-c3ccc(F)cc3)c2=O)cc1. The van der Waals surface area contributed by atoms with Crippen LogP contribution in [0.3, 0.4) is 0 Å². The Bertz CT molecular complexity index is 1400. The second-order valence-corrected chi connectivity index (χ2v) is 8.38. The molecule has 4 rings (SSSR count). The number of nitrogens with two attached hydrogens (primary N) is 1. The average Bonchev–Trinajstić information content (AvgIpc) is 2.83. The predicted molar refractivity (Wildman–Crippen MR) is 132 cm³/mol. The molecule has 0 fully saturated rings. The zero-order valence-corrected chi connectivity index (χ0v) is 19.4. The fourth-order valence-electron chi connectivity index (χ4n) is 3.47. The standard InChI is InChI=1S/C25H19BrF2N4O2/c26-17-11-20(24(29)30-12-17)15-3-7-19(8-4-15)31-25(34)22-14-32(10-9-27)13-21(23(22)33)16-1-5-18(28)6-2-16/h1-8,11-14H,9-10H2,(H2,29,30)(H,31,34). The molecule has 3 N–H and O–H groups in total. The van der Waals surface area contributed by atoms with Crippen LogP contribution >= 0.6 is 15.9 Å². The van der Waals surface area contributed by atoms with Crippen molar-refractivity contribution in [2.45, 2.75) is 6.54 Å². The number of aryl methyl sites for hydroxylation is 1. The van der Waals surface area contributed by atoms with E-state index < -0.39 is 23.8 Å². The second kappa shape index (κ2) is 9.96. The normalized spacial score (nSPS) is 10.8. The van der Waals surface area contributed by atoms with Gasteiger partial charge in [-0.05, 0) is 57.4 Å². The summed E-state index contributed by atoms with van der Waals surface area (Å²) in [6, 6.07) is 14.0. The van der Waals surface area contributed by atoms with Crippen LogP contribution in [0.4, 0.5) is 20.3 Å². The number of nitrogens with zero attached hydrogens (tertiary/aromatic N) is 2. The lowest BCUT2D eigenvalue weighted by atomic mass is 10.0. The first kappa shape index (κ1) is 23.3. The highest BCUT2D eigenvalue weighted by molar-refractivity contribution is 9.10. The molecule has 0 aliphatic heterocycles. The molecule has 9 heteroatoms. The summed E-state index contributed by atoms with van der Waals surface area (Å²) in [4.78, 5) is 30.1. The summed E-state index contributed by atoms with van der Waals surface area (Å²) in [7, 11) is 0. The molecule has 1 amide bonds. The molecule has 0 bridgehead atoms. The van der Waals surface area contributed by atoms with E-state index in [2.05, 4.69) is 26.2 Å². The van der Waals surface area contributed by atoms with Crippen molar-refractivity contribution in [2.24, 2.45) is 0 Å². The first-order chi connectivity index (χ1) is 16.4. The molecule has 2 aromatic carbocycles. The molecule has 172 valence electrons. The van der Waals surface area contributed by atoms with E-state index in [1.165, 1.54) is 41.2 Å². The number of benzene rings is 2. The lowest BCUT2D eigenvalue weighted by Crippen LogP contribution is -2.24. The van der Waals surface area contributed by atoms with Crippen molar-refractivity contribution in [3.05, 3.63) is 99.3 Å². The van der Waals surface area contributed by atoms with Crippen LogP contribution in [-0.2, 0) is 6.54 Å². The number of carbonyl (C=O) groups is 1. The van der Waals surface area contributed by atoms with Gasteiger partial charge < -0.3 is 15.6 Å². The predicted octanol–water partition coefficient (Wildman–Crippen LogP) is 5.28. The molecule has 0 unspecified atom stereocenters. The largest absolute Gasteiger partial charge is 0.383 e. The van der Waals surface area contributed by atoms with Gasteiger partial charge in [0, 0.05) is 39.9 Å². The third kappa shape index (κ3) is 5.04. The number of nitrogens with one attached hydrogen (secondary N) is 1. The lowest BCUT2D eigenvalue weighted by molar-refractivity contribution is 0.102. The minimum absolute atomic E-state index is 0.0362. The monoisotopic (exact) mass is 524 g/mol. The van der Waals surface area contributed by atoms with Crippen LogP contribution in [-0.4, -0.2) is 22.1 Å². The molecule has 0 saturated carbocycles. The summed E-state index contributed by atoms with van der Waals surface area (Å²) < 4.78 is 28.5. The molecule has 0 aliphatic rings. The first-order valence-electron chi connectivity index (χ1n) is 10.2. The maximum atomic E-state index is 13.3. The summed E-state index contributed by atoms with van der Waals surface area (Å²) in [5.74, 6) is -0.727. The highest BCUT2D eigenvalue weighted by atomic mass is 79.9. The van der Waals surface area contributed by atoms with E-state index in [9.17, 15) is 18.4 Å². The molecule has 0 saturated heterocycles. The summed E-state index contributed by atoms with van der Waals surface area (Å²) in [5, 5.41) is 2.70. The average molecular weight is 525 g/mol. The van der Waals surface area contributed by atoms with Crippen molar-refractivity contribution in [3.63, 3.8) is 0 Å². The van der Waals surface area contributed by atoms with Gasteiger partial charge >= 0.3 is 0 Å². The van der Waals surface area contributed by atoms with Gasteiger partial charge in [-0.2, -0.15) is 0 Å². The van der Waals surface area contributed by atoms with E-state index in [0.29, 0.717) is 17.1 Å². The zero-order chi connectivity index (χ0) is 24.2. The number of anilines is 2. The van der Waals surface area contributed by atoms with Crippen LogP contribution in [0.5, 0.6) is 0 Å². The van der Waals surface area contributed by atoms with Crippen LogP contribution < -0.4 is 16.5 Å². The number of alkyl halides is 1. The third-order valence-electron chi connectivity index (χ3n) is 5.16. The Morgan fingerprint density at radius 1 is 1.03 bits per heavy atom. The number of carbonyl (C=O) groups excluding carboxylic acids is 1. The molecule has 6 nitrogen and oxygen atoms in total. The van der Waals surface area contributed by atoms with Gasteiger partial charge in [0.25, 0.3) is 5.91 Å². The summed E-state index contributed by atoms with van der Waals surface area (Å²) in [6.07, 6.45) is 4.37. The Morgan fingerprint density at radius 2 is 1.68 bits per heavy atom. The van der Waals surface area contributed by atoms with Crippen molar-refractivity contribution in [2.75, 3.05) is 17.7 Å². The van der Waals surface area contributed by atoms with Crippen molar-refractivity contribution in [3.8, 4) is 22.3 Å². The quantitative estimate of drug-likeness (QED) is 0.359. The summed E-state index contributed by atoms with van der Waals surface area (Å²) in [5.41, 5.74) is 7.85. The molecule has 4 aromatic rings. The lowest BCUT2D eigenvalue weighted by Gasteiger charge is -2.12. The van der Waals surface area contributed by atoms with Crippen LogP contribution in [0, 0.1) is 5.82 Å². The maximum Gasteiger partial charge on any atom is 0.261 e. The Labute approximate surface area is 202 Å². The summed E-state index contributed by atoms with van der Waals surface area (Å²) in [6.45, 7) is -0.715. The molecule has 0 radical (unpaired) electrons. The maximum absolute atomic E-state index is 13.3.